The number of aliphatic hydroxyl groups is 1. The van der Waals surface area contributed by atoms with Crippen molar-refractivity contribution in [1.29, 1.82) is 0 Å². The summed E-state index contributed by atoms with van der Waals surface area (Å²) in [5.41, 5.74) is 1.07. The van der Waals surface area contributed by atoms with Gasteiger partial charge in [0.1, 0.15) is 0 Å². The number of carboxylic acid groups (broad SMARTS) is 1. The molecule has 21 heavy (non-hydrogen) atoms. The summed E-state index contributed by atoms with van der Waals surface area (Å²) in [5.74, 6) is -1.03. The molecule has 2 atom stereocenters. The first kappa shape index (κ1) is 14.1. The topological polar surface area (TPSA) is 62.5 Å². The van der Waals surface area contributed by atoms with Gasteiger partial charge in [-0.1, -0.05) is 31.0 Å². The van der Waals surface area contributed by atoms with Crippen LogP contribution in [-0.4, -0.2) is 26.4 Å². The number of carbonyl (C=O) groups is 1. The van der Waals surface area contributed by atoms with Gasteiger partial charge in [-0.2, -0.15) is 0 Å². The molecule has 2 aromatic rings. The maximum Gasteiger partial charge on any atom is 0.306 e. The largest absolute Gasteiger partial charge is 0.481 e. The van der Waals surface area contributed by atoms with Crippen LogP contribution in [0.3, 0.4) is 0 Å². The smallest absolute Gasteiger partial charge is 0.306 e. The first-order chi connectivity index (χ1) is 10.0. The quantitative estimate of drug-likeness (QED) is 0.912. The standard InChI is InChI=1S/C17H21NO3/c1-18-11-13(12-6-2-3-8-15(12)18)14-7-4-5-9-17(14,21)10-16(19)20/h2-3,6,8,11,14,21H,4-5,7,9-10H2,1H3,(H,19,20). The van der Waals surface area contributed by atoms with Crippen LogP contribution < -0.4 is 0 Å². The molecule has 112 valence electrons. The molecule has 3 rings (SSSR count). The van der Waals surface area contributed by atoms with E-state index in [0.717, 1.165) is 35.7 Å². The predicted octanol–water partition coefficient (Wildman–Crippen LogP) is 3.04. The number of benzene rings is 1. The lowest BCUT2D eigenvalue weighted by atomic mass is 9.70. The maximum absolute atomic E-state index is 11.2. The van der Waals surface area contributed by atoms with Gasteiger partial charge in [-0.05, 0) is 24.5 Å². The second-order valence-corrected chi connectivity index (χ2v) is 6.18. The number of aliphatic carboxylic acids is 1. The highest BCUT2D eigenvalue weighted by Crippen LogP contribution is 2.45. The molecule has 1 heterocycles. The lowest BCUT2D eigenvalue weighted by Crippen LogP contribution is -2.41. The van der Waals surface area contributed by atoms with Crippen molar-refractivity contribution in [2.45, 2.75) is 43.6 Å². The number of hydrogen-bond donors (Lipinski definition) is 2. The molecule has 4 nitrogen and oxygen atoms in total. The normalized spacial score (nSPS) is 26.1. The Morgan fingerprint density at radius 1 is 1.38 bits per heavy atom. The Labute approximate surface area is 124 Å². The van der Waals surface area contributed by atoms with E-state index >= 15 is 0 Å². The summed E-state index contributed by atoms with van der Waals surface area (Å²) in [5, 5.41) is 21.2. The van der Waals surface area contributed by atoms with E-state index in [1.807, 2.05) is 25.4 Å². The summed E-state index contributed by atoms with van der Waals surface area (Å²) < 4.78 is 2.06. The van der Waals surface area contributed by atoms with Crippen molar-refractivity contribution in [3.05, 3.63) is 36.0 Å². The fourth-order valence-corrected chi connectivity index (χ4v) is 3.79. The van der Waals surface area contributed by atoms with Gasteiger partial charge in [0.15, 0.2) is 0 Å². The summed E-state index contributed by atoms with van der Waals surface area (Å²) in [6.45, 7) is 0. The molecule has 1 saturated carbocycles. The second-order valence-electron chi connectivity index (χ2n) is 6.18. The molecule has 2 N–H and O–H groups in total. The van der Waals surface area contributed by atoms with Gasteiger partial charge in [0.25, 0.3) is 0 Å². The Balaban J connectivity index is 2.08. The van der Waals surface area contributed by atoms with Crippen molar-refractivity contribution in [1.82, 2.24) is 4.57 Å². The van der Waals surface area contributed by atoms with E-state index in [4.69, 9.17) is 5.11 Å². The van der Waals surface area contributed by atoms with Crippen molar-refractivity contribution in [2.75, 3.05) is 0 Å². The van der Waals surface area contributed by atoms with E-state index in [9.17, 15) is 9.90 Å². The van der Waals surface area contributed by atoms with Crippen molar-refractivity contribution < 1.29 is 15.0 Å². The first-order valence-electron chi connectivity index (χ1n) is 7.49. The lowest BCUT2D eigenvalue weighted by Gasteiger charge is -2.39. The molecular weight excluding hydrogens is 266 g/mol. The molecule has 0 aliphatic heterocycles. The minimum Gasteiger partial charge on any atom is -0.481 e. The monoisotopic (exact) mass is 287 g/mol. The highest BCUT2D eigenvalue weighted by atomic mass is 16.4. The SMILES string of the molecule is Cn1cc(C2CCCCC2(O)CC(=O)O)c2ccccc21. The molecule has 0 bridgehead atoms. The fraction of sp³-hybridized carbons (Fsp3) is 0.471. The van der Waals surface area contributed by atoms with Crippen LogP contribution >= 0.6 is 0 Å². The van der Waals surface area contributed by atoms with Gasteiger partial charge >= 0.3 is 5.97 Å². The van der Waals surface area contributed by atoms with Crippen LogP contribution in [0.5, 0.6) is 0 Å². The lowest BCUT2D eigenvalue weighted by molar-refractivity contribution is -0.144. The van der Waals surface area contributed by atoms with Crippen molar-refractivity contribution in [2.24, 2.45) is 7.05 Å². The average molecular weight is 287 g/mol. The molecule has 0 radical (unpaired) electrons. The summed E-state index contributed by atoms with van der Waals surface area (Å²) in [6.07, 6.45) is 5.21. The predicted molar refractivity (Wildman–Crippen MR) is 81.3 cm³/mol. The molecule has 0 saturated heterocycles. The van der Waals surface area contributed by atoms with Crippen molar-refractivity contribution in [3.8, 4) is 0 Å². The molecule has 1 aliphatic carbocycles. The minimum atomic E-state index is -1.13. The van der Waals surface area contributed by atoms with E-state index in [1.165, 1.54) is 0 Å². The molecule has 0 amide bonds. The number of aromatic nitrogens is 1. The average Bonchev–Trinajstić information content (AvgIpc) is 2.76. The number of aryl methyl sites for hydroxylation is 1. The molecule has 2 unspecified atom stereocenters. The summed E-state index contributed by atoms with van der Waals surface area (Å²) in [7, 11) is 1.99. The van der Waals surface area contributed by atoms with Crippen LogP contribution in [0.15, 0.2) is 30.5 Å². The number of hydrogen-bond acceptors (Lipinski definition) is 2. The molecule has 4 heteroatoms. The zero-order valence-corrected chi connectivity index (χ0v) is 12.2. The Bertz CT molecular complexity index is 676. The number of rotatable bonds is 3. The van der Waals surface area contributed by atoms with Crippen LogP contribution in [0.1, 0.15) is 43.6 Å². The summed E-state index contributed by atoms with van der Waals surface area (Å²) >= 11 is 0. The van der Waals surface area contributed by atoms with Gasteiger partial charge in [-0.15, -0.1) is 0 Å². The number of para-hydroxylation sites is 1. The molecule has 1 aliphatic rings. The molecule has 1 aromatic carbocycles. The van der Waals surface area contributed by atoms with E-state index < -0.39 is 11.6 Å². The highest BCUT2D eigenvalue weighted by Gasteiger charge is 2.42. The summed E-state index contributed by atoms with van der Waals surface area (Å²) in [6, 6.07) is 8.10. The van der Waals surface area contributed by atoms with Crippen LogP contribution in [0.4, 0.5) is 0 Å². The van der Waals surface area contributed by atoms with E-state index in [1.54, 1.807) is 0 Å². The zero-order chi connectivity index (χ0) is 15.0. The van der Waals surface area contributed by atoms with Crippen LogP contribution in [0.2, 0.25) is 0 Å². The third-order valence-corrected chi connectivity index (χ3v) is 4.76. The van der Waals surface area contributed by atoms with Gasteiger partial charge in [0.2, 0.25) is 0 Å². The Kier molecular flexibility index (Phi) is 3.49. The molecule has 0 spiro atoms. The van der Waals surface area contributed by atoms with Crippen molar-refractivity contribution >= 4 is 16.9 Å². The van der Waals surface area contributed by atoms with Gasteiger partial charge in [-0.25, -0.2) is 0 Å². The Morgan fingerprint density at radius 2 is 2.14 bits per heavy atom. The van der Waals surface area contributed by atoms with Gasteiger partial charge in [0, 0.05) is 30.1 Å². The van der Waals surface area contributed by atoms with Crippen LogP contribution in [0, 0.1) is 0 Å². The van der Waals surface area contributed by atoms with E-state index in [0.29, 0.717) is 6.42 Å². The fourth-order valence-electron chi connectivity index (χ4n) is 3.79. The highest BCUT2D eigenvalue weighted by molar-refractivity contribution is 5.84. The Morgan fingerprint density at radius 3 is 2.90 bits per heavy atom. The molecule has 1 fully saturated rings. The summed E-state index contributed by atoms with van der Waals surface area (Å²) in [4.78, 5) is 11.2. The maximum atomic E-state index is 11.2. The Hall–Kier alpha value is -1.81. The first-order valence-corrected chi connectivity index (χ1v) is 7.49. The van der Waals surface area contributed by atoms with Crippen LogP contribution in [0.25, 0.3) is 10.9 Å². The third-order valence-electron chi connectivity index (χ3n) is 4.76. The third kappa shape index (κ3) is 2.44. The van der Waals surface area contributed by atoms with Gasteiger partial charge in [-0.3, -0.25) is 4.79 Å². The number of fused-ring (bicyclic) bond motifs is 1. The van der Waals surface area contributed by atoms with Gasteiger partial charge < -0.3 is 14.8 Å². The van der Waals surface area contributed by atoms with E-state index in [2.05, 4.69) is 16.7 Å². The molecule has 1 aromatic heterocycles. The number of carboxylic acids is 1. The van der Waals surface area contributed by atoms with Crippen LogP contribution in [-0.2, 0) is 11.8 Å². The second kappa shape index (κ2) is 5.19. The number of nitrogens with zero attached hydrogens (tertiary/aromatic N) is 1. The van der Waals surface area contributed by atoms with E-state index in [-0.39, 0.29) is 12.3 Å². The molecular formula is C17H21NO3. The zero-order valence-electron chi connectivity index (χ0n) is 12.2. The minimum absolute atomic E-state index is 0.103. The van der Waals surface area contributed by atoms with Crippen molar-refractivity contribution in [3.63, 3.8) is 0 Å². The van der Waals surface area contributed by atoms with Gasteiger partial charge in [0.05, 0.1) is 12.0 Å².